The summed E-state index contributed by atoms with van der Waals surface area (Å²) in [6.07, 6.45) is 4.03. The number of thioether (sulfide) groups is 1. The van der Waals surface area contributed by atoms with E-state index in [0.29, 0.717) is 19.6 Å². The van der Waals surface area contributed by atoms with Gasteiger partial charge in [0.15, 0.2) is 0 Å². The van der Waals surface area contributed by atoms with Gasteiger partial charge in [-0.25, -0.2) is 0 Å². The minimum absolute atomic E-state index is 0.0983. The van der Waals surface area contributed by atoms with E-state index >= 15 is 0 Å². The molecule has 2 heterocycles. The van der Waals surface area contributed by atoms with E-state index in [-0.39, 0.29) is 11.8 Å². The Bertz CT molecular complexity index is 721. The van der Waals surface area contributed by atoms with E-state index in [1.807, 2.05) is 34.1 Å². The maximum absolute atomic E-state index is 12.8. The summed E-state index contributed by atoms with van der Waals surface area (Å²) < 4.78 is 0. The minimum Gasteiger partial charge on any atom is -0.339 e. The first-order chi connectivity index (χ1) is 14.6. The Morgan fingerprint density at radius 2 is 1.53 bits per heavy atom. The topological polar surface area (TPSA) is 47.1 Å². The van der Waals surface area contributed by atoms with Gasteiger partial charge in [0.1, 0.15) is 0 Å². The maximum atomic E-state index is 12.8. The summed E-state index contributed by atoms with van der Waals surface area (Å²) in [4.78, 5) is 35.4. The third kappa shape index (κ3) is 5.18. The molecule has 3 fully saturated rings. The molecule has 1 saturated carbocycles. The molecule has 30 heavy (non-hydrogen) atoms. The molecule has 4 rings (SSSR count). The normalized spacial score (nSPS) is 21.5. The van der Waals surface area contributed by atoms with Crippen molar-refractivity contribution in [2.24, 2.45) is 0 Å². The molecule has 164 valence electrons. The average molecular weight is 431 g/mol. The second kappa shape index (κ2) is 10.2. The molecule has 1 aromatic rings. The molecular formula is C23H34N4O2S. The number of amides is 2. The number of hydrogen-bond acceptors (Lipinski definition) is 5. The molecule has 2 amide bonds. The lowest BCUT2D eigenvalue weighted by molar-refractivity contribution is -0.135. The lowest BCUT2D eigenvalue weighted by atomic mass is 9.91. The van der Waals surface area contributed by atoms with Crippen molar-refractivity contribution in [3.05, 3.63) is 29.8 Å². The van der Waals surface area contributed by atoms with Crippen molar-refractivity contribution in [1.29, 1.82) is 0 Å². The van der Waals surface area contributed by atoms with Gasteiger partial charge in [-0.2, -0.15) is 0 Å². The lowest BCUT2D eigenvalue weighted by Gasteiger charge is -2.43. The maximum Gasteiger partial charge on any atom is 0.253 e. The van der Waals surface area contributed by atoms with Crippen molar-refractivity contribution in [2.75, 3.05) is 64.7 Å². The molecular weight excluding hydrogens is 396 g/mol. The Hall–Kier alpha value is -1.57. The van der Waals surface area contributed by atoms with Crippen LogP contribution < -0.4 is 0 Å². The quantitative estimate of drug-likeness (QED) is 0.648. The zero-order valence-electron chi connectivity index (χ0n) is 18.1. The van der Waals surface area contributed by atoms with E-state index < -0.39 is 0 Å². The summed E-state index contributed by atoms with van der Waals surface area (Å²) in [5.74, 6) is 1.37. The van der Waals surface area contributed by atoms with Gasteiger partial charge in [-0.3, -0.25) is 19.4 Å². The van der Waals surface area contributed by atoms with Gasteiger partial charge < -0.3 is 9.80 Å². The zero-order valence-corrected chi connectivity index (χ0v) is 18.9. The molecule has 0 N–H and O–H groups in total. The van der Waals surface area contributed by atoms with E-state index in [1.165, 1.54) is 24.2 Å². The van der Waals surface area contributed by atoms with Gasteiger partial charge in [-0.05, 0) is 42.9 Å². The molecule has 7 heteroatoms. The van der Waals surface area contributed by atoms with Crippen LogP contribution in [0.2, 0.25) is 0 Å². The Balaban J connectivity index is 1.19. The van der Waals surface area contributed by atoms with Crippen molar-refractivity contribution in [1.82, 2.24) is 19.6 Å². The Morgan fingerprint density at radius 3 is 2.10 bits per heavy atom. The lowest BCUT2D eigenvalue weighted by Crippen LogP contribution is -2.56. The smallest absolute Gasteiger partial charge is 0.253 e. The minimum atomic E-state index is 0.0983. The highest BCUT2D eigenvalue weighted by atomic mass is 32.2. The number of rotatable bonds is 6. The van der Waals surface area contributed by atoms with Crippen molar-refractivity contribution in [3.63, 3.8) is 0 Å². The van der Waals surface area contributed by atoms with Crippen molar-refractivity contribution in [2.45, 2.75) is 37.1 Å². The summed E-state index contributed by atoms with van der Waals surface area (Å²) in [6, 6.07) is 8.69. The first kappa shape index (κ1) is 21.7. The molecule has 0 aromatic heterocycles. The summed E-state index contributed by atoms with van der Waals surface area (Å²) in [7, 11) is 0. The third-order valence-electron chi connectivity index (χ3n) is 6.69. The molecule has 0 atom stereocenters. The van der Waals surface area contributed by atoms with E-state index in [2.05, 4.69) is 16.7 Å². The fourth-order valence-electron chi connectivity index (χ4n) is 4.53. The second-order valence-electron chi connectivity index (χ2n) is 8.53. The highest BCUT2D eigenvalue weighted by Crippen LogP contribution is 2.25. The van der Waals surface area contributed by atoms with Crippen LogP contribution in [-0.2, 0) is 4.79 Å². The first-order valence-corrected chi connectivity index (χ1v) is 12.4. The van der Waals surface area contributed by atoms with Gasteiger partial charge in [-0.1, -0.05) is 13.3 Å². The Kier molecular flexibility index (Phi) is 7.33. The monoisotopic (exact) mass is 430 g/mol. The molecule has 0 radical (unpaired) electrons. The highest BCUT2D eigenvalue weighted by molar-refractivity contribution is 7.99. The predicted octanol–water partition coefficient (Wildman–Crippen LogP) is 2.25. The standard InChI is InChI=1S/C23H34N4O2S/c1-2-30-21-8-6-19(7-9-21)23(29)27-12-10-24(11-13-27)18-22(28)26-16-14-25(15-17-26)20-4-3-5-20/h6-9,20H,2-5,10-18H2,1H3. The Labute approximate surface area is 184 Å². The number of benzene rings is 1. The Morgan fingerprint density at radius 1 is 0.900 bits per heavy atom. The molecule has 2 aliphatic heterocycles. The second-order valence-corrected chi connectivity index (χ2v) is 9.86. The number of carbonyl (C=O) groups excluding carboxylic acids is 2. The molecule has 0 bridgehead atoms. The van der Waals surface area contributed by atoms with Crippen LogP contribution in [0.25, 0.3) is 0 Å². The van der Waals surface area contributed by atoms with Gasteiger partial charge in [0.05, 0.1) is 6.54 Å². The number of piperazine rings is 2. The number of carbonyl (C=O) groups is 2. The van der Waals surface area contributed by atoms with Gasteiger partial charge in [0, 0.05) is 68.9 Å². The number of hydrogen-bond donors (Lipinski definition) is 0. The van der Waals surface area contributed by atoms with Gasteiger partial charge in [0.2, 0.25) is 5.91 Å². The van der Waals surface area contributed by atoms with Crippen LogP contribution in [0.4, 0.5) is 0 Å². The molecule has 1 aromatic carbocycles. The molecule has 1 aliphatic carbocycles. The van der Waals surface area contributed by atoms with Gasteiger partial charge in [-0.15, -0.1) is 11.8 Å². The summed E-state index contributed by atoms with van der Waals surface area (Å²) in [5.41, 5.74) is 0.754. The SMILES string of the molecule is CCSc1ccc(C(=O)N2CCN(CC(=O)N3CCN(C4CCC4)CC3)CC2)cc1. The fraction of sp³-hybridized carbons (Fsp3) is 0.652. The van der Waals surface area contributed by atoms with Crippen LogP contribution in [0.3, 0.4) is 0 Å². The van der Waals surface area contributed by atoms with Crippen molar-refractivity contribution >= 4 is 23.6 Å². The summed E-state index contributed by atoms with van der Waals surface area (Å²) >= 11 is 1.78. The fourth-order valence-corrected chi connectivity index (χ4v) is 5.19. The molecule has 0 unspecified atom stereocenters. The molecule has 2 saturated heterocycles. The number of nitrogens with zero attached hydrogens (tertiary/aromatic N) is 4. The molecule has 6 nitrogen and oxygen atoms in total. The first-order valence-electron chi connectivity index (χ1n) is 11.4. The van der Waals surface area contributed by atoms with Crippen molar-refractivity contribution in [3.8, 4) is 0 Å². The largest absolute Gasteiger partial charge is 0.339 e. The van der Waals surface area contributed by atoms with Crippen LogP contribution in [-0.4, -0.2) is 102 Å². The van der Waals surface area contributed by atoms with E-state index in [4.69, 9.17) is 0 Å². The zero-order chi connectivity index (χ0) is 20.9. The van der Waals surface area contributed by atoms with Crippen LogP contribution in [0, 0.1) is 0 Å². The van der Waals surface area contributed by atoms with Gasteiger partial charge >= 0.3 is 0 Å². The van der Waals surface area contributed by atoms with E-state index in [0.717, 1.165) is 56.6 Å². The van der Waals surface area contributed by atoms with E-state index in [9.17, 15) is 9.59 Å². The predicted molar refractivity (Wildman–Crippen MR) is 121 cm³/mol. The molecule has 0 spiro atoms. The van der Waals surface area contributed by atoms with E-state index in [1.54, 1.807) is 11.8 Å². The van der Waals surface area contributed by atoms with Gasteiger partial charge in [0.25, 0.3) is 5.91 Å². The highest BCUT2D eigenvalue weighted by Gasteiger charge is 2.30. The van der Waals surface area contributed by atoms with Crippen LogP contribution in [0.15, 0.2) is 29.2 Å². The molecule has 3 aliphatic rings. The van der Waals surface area contributed by atoms with Crippen LogP contribution >= 0.6 is 11.8 Å². The van der Waals surface area contributed by atoms with Crippen molar-refractivity contribution < 1.29 is 9.59 Å². The van der Waals surface area contributed by atoms with Crippen LogP contribution in [0.5, 0.6) is 0 Å². The summed E-state index contributed by atoms with van der Waals surface area (Å²) in [6.45, 7) is 9.28. The summed E-state index contributed by atoms with van der Waals surface area (Å²) in [5, 5.41) is 0. The third-order valence-corrected chi connectivity index (χ3v) is 7.58. The van der Waals surface area contributed by atoms with Crippen LogP contribution in [0.1, 0.15) is 36.5 Å². The average Bonchev–Trinajstić information content (AvgIpc) is 2.74.